The highest BCUT2D eigenvalue weighted by molar-refractivity contribution is 5.78. The van der Waals surface area contributed by atoms with E-state index in [2.05, 4.69) is 9.97 Å². The van der Waals surface area contributed by atoms with E-state index in [0.717, 1.165) is 0 Å². The fraction of sp³-hybridized carbons (Fsp3) is 0.250. The van der Waals surface area contributed by atoms with Gasteiger partial charge in [-0.25, -0.2) is 9.97 Å². The molecule has 1 rings (SSSR count). The number of carbonyl (C=O) groups excluding carboxylic acids is 1. The van der Waals surface area contributed by atoms with Crippen molar-refractivity contribution in [2.75, 3.05) is 18.5 Å². The van der Waals surface area contributed by atoms with Crippen LogP contribution in [0.1, 0.15) is 5.69 Å². The zero-order chi connectivity index (χ0) is 10.6. The summed E-state index contributed by atoms with van der Waals surface area (Å²) >= 11 is 0. The Morgan fingerprint density at radius 2 is 2.36 bits per heavy atom. The Balaban J connectivity index is 2.77. The molecule has 0 bridgehead atoms. The minimum atomic E-state index is -0.446. The second kappa shape index (κ2) is 4.18. The SMILES string of the molecule is CN(CC(N)=O)c1cnc(C#N)cn1. The summed E-state index contributed by atoms with van der Waals surface area (Å²) in [6, 6.07) is 1.85. The lowest BCUT2D eigenvalue weighted by atomic mass is 10.4. The van der Waals surface area contributed by atoms with E-state index < -0.39 is 5.91 Å². The number of nitriles is 1. The number of carbonyl (C=O) groups is 1. The second-order valence-electron chi connectivity index (χ2n) is 2.69. The van der Waals surface area contributed by atoms with E-state index in [1.54, 1.807) is 11.9 Å². The number of aromatic nitrogens is 2. The predicted octanol–water partition coefficient (Wildman–Crippen LogP) is -0.730. The number of rotatable bonds is 3. The van der Waals surface area contributed by atoms with Crippen molar-refractivity contribution in [2.45, 2.75) is 0 Å². The average Bonchev–Trinajstić information content (AvgIpc) is 2.17. The van der Waals surface area contributed by atoms with Crippen molar-refractivity contribution in [2.24, 2.45) is 5.73 Å². The normalized spacial score (nSPS) is 9.14. The largest absolute Gasteiger partial charge is 0.368 e. The molecule has 6 heteroatoms. The van der Waals surface area contributed by atoms with Crippen LogP contribution in [-0.2, 0) is 4.79 Å². The molecule has 0 fully saturated rings. The molecule has 1 heterocycles. The number of anilines is 1. The van der Waals surface area contributed by atoms with E-state index >= 15 is 0 Å². The minimum absolute atomic E-state index is 0.0700. The molecule has 0 radical (unpaired) electrons. The molecule has 1 amide bonds. The van der Waals surface area contributed by atoms with Crippen molar-refractivity contribution in [3.63, 3.8) is 0 Å². The Morgan fingerprint density at radius 3 is 2.79 bits per heavy atom. The first-order chi connectivity index (χ1) is 6.63. The van der Waals surface area contributed by atoms with Gasteiger partial charge >= 0.3 is 0 Å². The Labute approximate surface area is 81.0 Å². The van der Waals surface area contributed by atoms with Crippen molar-refractivity contribution in [3.05, 3.63) is 18.1 Å². The van der Waals surface area contributed by atoms with Crippen molar-refractivity contribution in [3.8, 4) is 6.07 Å². The van der Waals surface area contributed by atoms with Gasteiger partial charge in [-0.2, -0.15) is 5.26 Å². The van der Waals surface area contributed by atoms with Crippen LogP contribution in [0.2, 0.25) is 0 Å². The molecule has 0 aliphatic carbocycles. The summed E-state index contributed by atoms with van der Waals surface area (Å²) in [4.78, 5) is 19.9. The number of hydrogen-bond acceptors (Lipinski definition) is 5. The van der Waals surface area contributed by atoms with E-state index in [4.69, 9.17) is 11.0 Å². The molecule has 0 unspecified atom stereocenters. The fourth-order valence-corrected chi connectivity index (χ4v) is 0.891. The van der Waals surface area contributed by atoms with E-state index in [0.29, 0.717) is 5.82 Å². The van der Waals surface area contributed by atoms with Gasteiger partial charge in [0.1, 0.15) is 11.9 Å². The highest BCUT2D eigenvalue weighted by atomic mass is 16.1. The summed E-state index contributed by atoms with van der Waals surface area (Å²) in [5.74, 6) is 0.0569. The van der Waals surface area contributed by atoms with Gasteiger partial charge in [-0.15, -0.1) is 0 Å². The molecule has 1 aromatic rings. The van der Waals surface area contributed by atoms with Crippen molar-refractivity contribution >= 4 is 11.7 Å². The molecule has 0 saturated heterocycles. The summed E-state index contributed by atoms with van der Waals surface area (Å²) in [6.45, 7) is 0.0700. The molecule has 2 N–H and O–H groups in total. The first-order valence-electron chi connectivity index (χ1n) is 3.85. The van der Waals surface area contributed by atoms with Crippen LogP contribution in [0, 0.1) is 11.3 Å². The van der Waals surface area contributed by atoms with Crippen LogP contribution in [0.4, 0.5) is 5.82 Å². The van der Waals surface area contributed by atoms with Gasteiger partial charge in [0.25, 0.3) is 0 Å². The number of nitrogens with zero attached hydrogens (tertiary/aromatic N) is 4. The Bertz CT molecular complexity index is 366. The van der Waals surface area contributed by atoms with Crippen molar-refractivity contribution < 1.29 is 4.79 Å². The second-order valence-corrected chi connectivity index (χ2v) is 2.69. The summed E-state index contributed by atoms with van der Waals surface area (Å²) in [5.41, 5.74) is 5.24. The number of primary amides is 1. The van der Waals surface area contributed by atoms with Gasteiger partial charge in [0, 0.05) is 7.05 Å². The zero-order valence-electron chi connectivity index (χ0n) is 7.64. The summed E-state index contributed by atoms with van der Waals surface area (Å²) in [6.07, 6.45) is 2.76. The maximum atomic E-state index is 10.6. The quantitative estimate of drug-likeness (QED) is 0.679. The number of likely N-dealkylation sites (N-methyl/N-ethyl adjacent to an activating group) is 1. The first kappa shape index (κ1) is 9.92. The Kier molecular flexibility index (Phi) is 2.97. The first-order valence-corrected chi connectivity index (χ1v) is 3.85. The zero-order valence-corrected chi connectivity index (χ0v) is 7.64. The molecule has 0 spiro atoms. The lowest BCUT2D eigenvalue weighted by Crippen LogP contribution is -2.31. The van der Waals surface area contributed by atoms with Crippen LogP contribution in [0.5, 0.6) is 0 Å². The van der Waals surface area contributed by atoms with Crippen molar-refractivity contribution in [1.29, 1.82) is 5.26 Å². The third-order valence-corrected chi connectivity index (χ3v) is 1.54. The van der Waals surface area contributed by atoms with Gasteiger partial charge in [-0.3, -0.25) is 4.79 Å². The standard InChI is InChI=1S/C8H9N5O/c1-13(5-7(10)14)8-4-11-6(2-9)3-12-8/h3-4H,5H2,1H3,(H2,10,14). The number of amides is 1. The highest BCUT2D eigenvalue weighted by Gasteiger charge is 2.05. The molecular weight excluding hydrogens is 182 g/mol. The van der Waals surface area contributed by atoms with Gasteiger partial charge in [-0.05, 0) is 0 Å². The maximum absolute atomic E-state index is 10.6. The van der Waals surface area contributed by atoms with Gasteiger partial charge in [0.05, 0.1) is 18.9 Å². The minimum Gasteiger partial charge on any atom is -0.368 e. The van der Waals surface area contributed by atoms with E-state index in [1.807, 2.05) is 6.07 Å². The summed E-state index contributed by atoms with van der Waals surface area (Å²) in [5, 5.41) is 8.47. The van der Waals surface area contributed by atoms with Gasteiger partial charge in [-0.1, -0.05) is 0 Å². The molecule has 14 heavy (non-hydrogen) atoms. The van der Waals surface area contributed by atoms with Crippen LogP contribution in [0.25, 0.3) is 0 Å². The van der Waals surface area contributed by atoms with Crippen LogP contribution < -0.4 is 10.6 Å². The van der Waals surface area contributed by atoms with Gasteiger partial charge in [0.2, 0.25) is 5.91 Å². The average molecular weight is 191 g/mol. The Hall–Kier alpha value is -2.16. The smallest absolute Gasteiger partial charge is 0.236 e. The van der Waals surface area contributed by atoms with Crippen molar-refractivity contribution in [1.82, 2.24) is 9.97 Å². The van der Waals surface area contributed by atoms with E-state index in [1.165, 1.54) is 12.4 Å². The van der Waals surface area contributed by atoms with Crippen LogP contribution >= 0.6 is 0 Å². The predicted molar refractivity (Wildman–Crippen MR) is 49.2 cm³/mol. The molecular formula is C8H9N5O. The molecule has 0 aliphatic heterocycles. The third kappa shape index (κ3) is 2.42. The monoisotopic (exact) mass is 191 g/mol. The van der Waals surface area contributed by atoms with Crippen LogP contribution in [0.15, 0.2) is 12.4 Å². The Morgan fingerprint density at radius 1 is 1.64 bits per heavy atom. The lowest BCUT2D eigenvalue weighted by molar-refractivity contribution is -0.116. The number of hydrogen-bond donors (Lipinski definition) is 1. The molecule has 0 atom stereocenters. The maximum Gasteiger partial charge on any atom is 0.236 e. The molecule has 1 aromatic heterocycles. The summed E-state index contributed by atoms with van der Waals surface area (Å²) < 4.78 is 0. The topological polar surface area (TPSA) is 95.9 Å². The van der Waals surface area contributed by atoms with Gasteiger partial charge < -0.3 is 10.6 Å². The molecule has 0 saturated carbocycles. The molecule has 0 aliphatic rings. The molecule has 72 valence electrons. The highest BCUT2D eigenvalue weighted by Crippen LogP contribution is 2.05. The van der Waals surface area contributed by atoms with E-state index in [-0.39, 0.29) is 12.2 Å². The lowest BCUT2D eigenvalue weighted by Gasteiger charge is -2.14. The summed E-state index contributed by atoms with van der Waals surface area (Å²) in [7, 11) is 1.67. The fourth-order valence-electron chi connectivity index (χ4n) is 0.891. The number of nitrogens with two attached hydrogens (primary N) is 1. The van der Waals surface area contributed by atoms with Crippen LogP contribution in [0.3, 0.4) is 0 Å². The molecule has 6 nitrogen and oxygen atoms in total. The van der Waals surface area contributed by atoms with Crippen LogP contribution in [-0.4, -0.2) is 29.5 Å². The van der Waals surface area contributed by atoms with E-state index in [9.17, 15) is 4.79 Å². The van der Waals surface area contributed by atoms with Gasteiger partial charge in [0.15, 0.2) is 5.69 Å². The molecule has 0 aromatic carbocycles. The third-order valence-electron chi connectivity index (χ3n) is 1.54.